The Labute approximate surface area is 115 Å². The molecule has 0 spiro atoms. The van der Waals surface area contributed by atoms with E-state index in [1.54, 1.807) is 11.3 Å². The summed E-state index contributed by atoms with van der Waals surface area (Å²) in [6, 6.07) is 7.79. The van der Waals surface area contributed by atoms with Crippen molar-refractivity contribution in [3.05, 3.63) is 41.5 Å². The zero-order valence-electron chi connectivity index (χ0n) is 10.8. The molecule has 5 heteroatoms. The molecule has 0 aliphatic heterocycles. The lowest BCUT2D eigenvalue weighted by Crippen LogP contribution is -1.86. The number of benzene rings is 1. The number of aryl methyl sites for hydroxylation is 2. The number of aromatic nitrogens is 3. The second-order valence-electron chi connectivity index (χ2n) is 4.47. The Morgan fingerprint density at radius 1 is 1.32 bits per heavy atom. The fourth-order valence-corrected chi connectivity index (χ4v) is 2.87. The summed E-state index contributed by atoms with van der Waals surface area (Å²) >= 11 is 1.62. The quantitative estimate of drug-likeness (QED) is 0.728. The van der Waals surface area contributed by atoms with Crippen LogP contribution in [0.4, 0.5) is 5.69 Å². The molecule has 19 heavy (non-hydrogen) atoms. The molecule has 0 aliphatic rings. The van der Waals surface area contributed by atoms with Crippen molar-refractivity contribution in [2.45, 2.75) is 6.92 Å². The smallest absolute Gasteiger partial charge is 0.124 e. The monoisotopic (exact) mass is 270 g/mol. The van der Waals surface area contributed by atoms with Gasteiger partial charge in [-0.05, 0) is 19.1 Å². The van der Waals surface area contributed by atoms with Gasteiger partial charge in [-0.3, -0.25) is 4.68 Å². The van der Waals surface area contributed by atoms with E-state index in [0.29, 0.717) is 0 Å². The predicted octanol–water partition coefficient (Wildman–Crippen LogP) is 3.10. The van der Waals surface area contributed by atoms with E-state index < -0.39 is 0 Å². The van der Waals surface area contributed by atoms with E-state index in [9.17, 15) is 0 Å². The van der Waals surface area contributed by atoms with E-state index >= 15 is 0 Å². The Morgan fingerprint density at radius 2 is 2.16 bits per heavy atom. The van der Waals surface area contributed by atoms with Crippen molar-refractivity contribution in [2.75, 3.05) is 5.73 Å². The first-order valence-corrected chi connectivity index (χ1v) is 6.83. The minimum Gasteiger partial charge on any atom is -0.399 e. The van der Waals surface area contributed by atoms with Gasteiger partial charge < -0.3 is 5.73 Å². The fourth-order valence-electron chi connectivity index (χ4n) is 2.05. The summed E-state index contributed by atoms with van der Waals surface area (Å²) in [4.78, 5) is 4.68. The Kier molecular flexibility index (Phi) is 2.83. The van der Waals surface area contributed by atoms with E-state index in [-0.39, 0.29) is 0 Å². The summed E-state index contributed by atoms with van der Waals surface area (Å²) in [5.41, 5.74) is 10.7. The molecule has 0 saturated carbocycles. The summed E-state index contributed by atoms with van der Waals surface area (Å²) in [7, 11) is 1.92. The van der Waals surface area contributed by atoms with Crippen LogP contribution in [0.25, 0.3) is 21.8 Å². The number of nitrogens with zero attached hydrogens (tertiary/aromatic N) is 3. The summed E-state index contributed by atoms with van der Waals surface area (Å²) in [6.45, 7) is 1.99. The minimum absolute atomic E-state index is 0.756. The van der Waals surface area contributed by atoms with Crippen LogP contribution in [-0.2, 0) is 7.05 Å². The van der Waals surface area contributed by atoms with Gasteiger partial charge in [-0.1, -0.05) is 12.1 Å². The zero-order chi connectivity index (χ0) is 13.4. The number of anilines is 1. The van der Waals surface area contributed by atoms with Crippen LogP contribution >= 0.6 is 11.3 Å². The van der Waals surface area contributed by atoms with E-state index in [4.69, 9.17) is 5.73 Å². The number of thiazole rings is 1. The molecule has 0 unspecified atom stereocenters. The Bertz CT molecular complexity index is 727. The second kappa shape index (κ2) is 4.51. The largest absolute Gasteiger partial charge is 0.399 e. The Balaban J connectivity index is 2.02. The van der Waals surface area contributed by atoms with Gasteiger partial charge in [0.15, 0.2) is 0 Å². The summed E-state index contributed by atoms with van der Waals surface area (Å²) in [5.74, 6) is 0. The summed E-state index contributed by atoms with van der Waals surface area (Å²) in [6.07, 6.45) is 1.99. The van der Waals surface area contributed by atoms with Gasteiger partial charge >= 0.3 is 0 Å². The summed E-state index contributed by atoms with van der Waals surface area (Å²) in [5, 5.41) is 7.38. The third kappa shape index (κ3) is 2.24. The van der Waals surface area contributed by atoms with Gasteiger partial charge in [0.1, 0.15) is 5.01 Å². The molecule has 0 radical (unpaired) electrons. The molecule has 0 saturated heterocycles. The van der Waals surface area contributed by atoms with Crippen LogP contribution in [0.5, 0.6) is 0 Å². The normalized spacial score (nSPS) is 10.8. The molecule has 4 nitrogen and oxygen atoms in total. The van der Waals surface area contributed by atoms with Gasteiger partial charge in [0.25, 0.3) is 0 Å². The van der Waals surface area contributed by atoms with Gasteiger partial charge in [0, 0.05) is 35.4 Å². The van der Waals surface area contributed by atoms with Crippen LogP contribution in [0.2, 0.25) is 0 Å². The van der Waals surface area contributed by atoms with Crippen LogP contribution in [-0.4, -0.2) is 14.8 Å². The van der Waals surface area contributed by atoms with Crippen LogP contribution in [0.3, 0.4) is 0 Å². The van der Waals surface area contributed by atoms with E-state index in [1.807, 2.05) is 49.1 Å². The van der Waals surface area contributed by atoms with Gasteiger partial charge in [0.2, 0.25) is 0 Å². The average molecular weight is 270 g/mol. The molecule has 3 rings (SSSR count). The highest BCUT2D eigenvalue weighted by molar-refractivity contribution is 7.13. The number of rotatable bonds is 2. The fraction of sp³-hybridized carbons (Fsp3) is 0.143. The molecule has 0 atom stereocenters. The third-order valence-electron chi connectivity index (χ3n) is 2.93. The zero-order valence-corrected chi connectivity index (χ0v) is 11.6. The first kappa shape index (κ1) is 11.9. The van der Waals surface area contributed by atoms with Crippen molar-refractivity contribution >= 4 is 17.0 Å². The van der Waals surface area contributed by atoms with E-state index in [1.165, 1.54) is 0 Å². The molecule has 0 aliphatic carbocycles. The predicted molar refractivity (Wildman–Crippen MR) is 78.9 cm³/mol. The topological polar surface area (TPSA) is 56.7 Å². The standard InChI is InChI=1S/C14H14N4S/c1-9-12(7-18(2)17-9)13-8-19-14(16-13)10-4-3-5-11(15)6-10/h3-8H,15H2,1-2H3. The lowest BCUT2D eigenvalue weighted by atomic mass is 10.2. The van der Waals surface area contributed by atoms with Crippen molar-refractivity contribution in [3.63, 3.8) is 0 Å². The third-order valence-corrected chi connectivity index (χ3v) is 3.82. The Hall–Kier alpha value is -2.14. The molecule has 3 aromatic rings. The average Bonchev–Trinajstić information content (AvgIpc) is 2.96. The highest BCUT2D eigenvalue weighted by Crippen LogP contribution is 2.30. The maximum absolute atomic E-state index is 5.80. The van der Waals surface area contributed by atoms with Gasteiger partial charge in [-0.25, -0.2) is 4.98 Å². The number of hydrogen-bond acceptors (Lipinski definition) is 4. The van der Waals surface area contributed by atoms with Gasteiger partial charge in [0.05, 0.1) is 11.4 Å². The lowest BCUT2D eigenvalue weighted by molar-refractivity contribution is 0.756. The maximum Gasteiger partial charge on any atom is 0.124 e. The highest BCUT2D eigenvalue weighted by Gasteiger charge is 2.11. The second-order valence-corrected chi connectivity index (χ2v) is 5.32. The van der Waals surface area contributed by atoms with E-state index in [2.05, 4.69) is 15.5 Å². The summed E-state index contributed by atoms with van der Waals surface area (Å²) < 4.78 is 1.81. The van der Waals surface area contributed by atoms with Crippen LogP contribution < -0.4 is 5.73 Å². The SMILES string of the molecule is Cc1nn(C)cc1-c1csc(-c2cccc(N)c2)n1. The molecular weight excluding hydrogens is 256 g/mol. The molecule has 2 aromatic heterocycles. The van der Waals surface area contributed by atoms with Crippen LogP contribution in [0.15, 0.2) is 35.8 Å². The molecule has 1 aromatic carbocycles. The van der Waals surface area contributed by atoms with Crippen molar-refractivity contribution in [3.8, 4) is 21.8 Å². The van der Waals surface area contributed by atoms with Crippen LogP contribution in [0, 0.1) is 6.92 Å². The highest BCUT2D eigenvalue weighted by atomic mass is 32.1. The minimum atomic E-state index is 0.756. The number of hydrogen-bond donors (Lipinski definition) is 1. The number of nitrogens with two attached hydrogens (primary N) is 1. The van der Waals surface area contributed by atoms with Crippen molar-refractivity contribution in [2.24, 2.45) is 7.05 Å². The Morgan fingerprint density at radius 3 is 2.84 bits per heavy atom. The van der Waals surface area contributed by atoms with E-state index in [0.717, 1.165) is 33.2 Å². The molecular formula is C14H14N4S. The molecule has 2 heterocycles. The van der Waals surface area contributed by atoms with Crippen molar-refractivity contribution in [1.82, 2.24) is 14.8 Å². The molecule has 96 valence electrons. The first-order valence-electron chi connectivity index (χ1n) is 5.95. The van der Waals surface area contributed by atoms with Crippen LogP contribution in [0.1, 0.15) is 5.69 Å². The number of nitrogen functional groups attached to an aromatic ring is 1. The molecule has 2 N–H and O–H groups in total. The van der Waals surface area contributed by atoms with Gasteiger partial charge in [-0.2, -0.15) is 5.10 Å². The van der Waals surface area contributed by atoms with Gasteiger partial charge in [-0.15, -0.1) is 11.3 Å². The first-order chi connectivity index (χ1) is 9.13. The lowest BCUT2D eigenvalue weighted by Gasteiger charge is -1.97. The molecule has 0 amide bonds. The maximum atomic E-state index is 5.80. The van der Waals surface area contributed by atoms with Crippen molar-refractivity contribution in [1.29, 1.82) is 0 Å². The molecule has 0 bridgehead atoms. The molecule has 0 fully saturated rings. The van der Waals surface area contributed by atoms with Crippen molar-refractivity contribution < 1.29 is 0 Å².